The molecular formula is C17H19N3O4S. The topological polar surface area (TPSA) is 99.1 Å². The summed E-state index contributed by atoms with van der Waals surface area (Å²) in [5.74, 6) is -0.381. The van der Waals surface area contributed by atoms with Gasteiger partial charge in [-0.1, -0.05) is 6.07 Å². The third-order valence-electron chi connectivity index (χ3n) is 3.49. The Morgan fingerprint density at radius 3 is 2.32 bits per heavy atom. The van der Waals surface area contributed by atoms with E-state index in [0.717, 1.165) is 9.87 Å². The second-order valence-electron chi connectivity index (χ2n) is 5.50. The number of amides is 1. The number of nitrogens with one attached hydrogen (secondary N) is 1. The van der Waals surface area contributed by atoms with Crippen molar-refractivity contribution in [1.29, 1.82) is 0 Å². The molecule has 0 bridgehead atoms. The number of aromatic hydroxyl groups is 1. The molecule has 0 saturated heterocycles. The third-order valence-corrected chi connectivity index (χ3v) is 5.30. The SMILES string of the molecule is C/C(=N\NC(=O)c1cccc(S(=O)(=O)N(C)C)c1)c1ccc(O)cc1. The summed E-state index contributed by atoms with van der Waals surface area (Å²) >= 11 is 0. The highest BCUT2D eigenvalue weighted by Crippen LogP contribution is 2.15. The Morgan fingerprint density at radius 2 is 1.72 bits per heavy atom. The highest BCUT2D eigenvalue weighted by Gasteiger charge is 2.18. The molecule has 0 aliphatic rings. The number of phenols is 1. The molecule has 2 rings (SSSR count). The molecule has 7 nitrogen and oxygen atoms in total. The quantitative estimate of drug-likeness (QED) is 0.626. The van der Waals surface area contributed by atoms with Gasteiger partial charge in [-0.15, -0.1) is 0 Å². The van der Waals surface area contributed by atoms with Gasteiger partial charge in [0.2, 0.25) is 10.0 Å². The van der Waals surface area contributed by atoms with Crippen LogP contribution >= 0.6 is 0 Å². The fourth-order valence-corrected chi connectivity index (χ4v) is 2.92. The Hall–Kier alpha value is -2.71. The van der Waals surface area contributed by atoms with Gasteiger partial charge in [-0.3, -0.25) is 4.79 Å². The summed E-state index contributed by atoms with van der Waals surface area (Å²) < 4.78 is 25.3. The van der Waals surface area contributed by atoms with Crippen LogP contribution in [0.2, 0.25) is 0 Å². The van der Waals surface area contributed by atoms with Crippen LogP contribution in [0.25, 0.3) is 0 Å². The van der Waals surface area contributed by atoms with E-state index in [2.05, 4.69) is 10.5 Å². The van der Waals surface area contributed by atoms with Gasteiger partial charge < -0.3 is 5.11 Å². The lowest BCUT2D eigenvalue weighted by molar-refractivity contribution is 0.0954. The Morgan fingerprint density at radius 1 is 1.08 bits per heavy atom. The van der Waals surface area contributed by atoms with Gasteiger partial charge in [0, 0.05) is 19.7 Å². The fraction of sp³-hybridized carbons (Fsp3) is 0.176. The molecule has 132 valence electrons. The highest BCUT2D eigenvalue weighted by atomic mass is 32.2. The van der Waals surface area contributed by atoms with Gasteiger partial charge in [0.15, 0.2) is 0 Å². The predicted molar refractivity (Wildman–Crippen MR) is 95.1 cm³/mol. The van der Waals surface area contributed by atoms with E-state index in [1.54, 1.807) is 19.1 Å². The van der Waals surface area contributed by atoms with E-state index >= 15 is 0 Å². The van der Waals surface area contributed by atoms with Crippen LogP contribution in [-0.4, -0.2) is 43.5 Å². The third kappa shape index (κ3) is 4.43. The lowest BCUT2D eigenvalue weighted by Gasteiger charge is -2.12. The van der Waals surface area contributed by atoms with Crippen LogP contribution in [0.3, 0.4) is 0 Å². The molecule has 0 aliphatic heterocycles. The van der Waals surface area contributed by atoms with Crippen molar-refractivity contribution in [2.75, 3.05) is 14.1 Å². The summed E-state index contributed by atoms with van der Waals surface area (Å²) in [4.78, 5) is 12.2. The van der Waals surface area contributed by atoms with E-state index < -0.39 is 15.9 Å². The number of carbonyl (C=O) groups excluding carboxylic acids is 1. The number of hydrogen-bond donors (Lipinski definition) is 2. The maximum atomic E-state index is 12.2. The van der Waals surface area contributed by atoms with Crippen LogP contribution in [0.5, 0.6) is 5.75 Å². The Bertz CT molecular complexity index is 904. The van der Waals surface area contributed by atoms with Crippen molar-refractivity contribution in [3.63, 3.8) is 0 Å². The maximum absolute atomic E-state index is 12.2. The first-order valence-corrected chi connectivity index (χ1v) is 8.82. The van der Waals surface area contributed by atoms with Gasteiger partial charge in [-0.2, -0.15) is 5.10 Å². The molecular weight excluding hydrogens is 342 g/mol. The first-order chi connectivity index (χ1) is 11.7. The van der Waals surface area contributed by atoms with E-state index in [4.69, 9.17) is 0 Å². The maximum Gasteiger partial charge on any atom is 0.271 e. The highest BCUT2D eigenvalue weighted by molar-refractivity contribution is 7.89. The summed E-state index contributed by atoms with van der Waals surface area (Å²) in [6.07, 6.45) is 0. The molecule has 8 heteroatoms. The normalized spacial score (nSPS) is 12.2. The van der Waals surface area contributed by atoms with Crippen molar-refractivity contribution in [3.05, 3.63) is 59.7 Å². The molecule has 0 radical (unpaired) electrons. The summed E-state index contributed by atoms with van der Waals surface area (Å²) in [6, 6.07) is 12.1. The standard InChI is InChI=1S/C17H19N3O4S/c1-12(13-7-9-15(21)10-8-13)18-19-17(22)14-5-4-6-16(11-14)25(23,24)20(2)3/h4-11,21H,1-3H3,(H,19,22)/b18-12+. The number of carbonyl (C=O) groups is 1. The van der Waals surface area contributed by atoms with E-state index in [0.29, 0.717) is 5.71 Å². The fourth-order valence-electron chi connectivity index (χ4n) is 1.97. The van der Waals surface area contributed by atoms with E-state index in [9.17, 15) is 18.3 Å². The monoisotopic (exact) mass is 361 g/mol. The number of hydrogen-bond acceptors (Lipinski definition) is 5. The molecule has 0 fully saturated rings. The molecule has 2 N–H and O–H groups in total. The lowest BCUT2D eigenvalue weighted by Crippen LogP contribution is -2.23. The Kier molecular flexibility index (Phi) is 5.55. The minimum Gasteiger partial charge on any atom is -0.508 e. The van der Waals surface area contributed by atoms with Gasteiger partial charge in [-0.05, 0) is 55.0 Å². The van der Waals surface area contributed by atoms with Gasteiger partial charge in [0.1, 0.15) is 5.75 Å². The second kappa shape index (κ2) is 7.45. The second-order valence-corrected chi connectivity index (χ2v) is 7.65. The summed E-state index contributed by atoms with van der Waals surface area (Å²) in [5.41, 5.74) is 3.87. The molecule has 0 heterocycles. The van der Waals surface area contributed by atoms with Crippen LogP contribution in [0.4, 0.5) is 0 Å². The van der Waals surface area contributed by atoms with Crippen LogP contribution in [0, 0.1) is 0 Å². The predicted octanol–water partition coefficient (Wildman–Crippen LogP) is 1.80. The average molecular weight is 361 g/mol. The first kappa shape index (κ1) is 18.6. The van der Waals surface area contributed by atoms with E-state index in [1.807, 2.05) is 0 Å². The van der Waals surface area contributed by atoms with E-state index in [1.165, 1.54) is 50.5 Å². The largest absolute Gasteiger partial charge is 0.508 e. The number of rotatable bonds is 5. The Labute approximate surface area is 146 Å². The molecule has 0 saturated carbocycles. The molecule has 2 aromatic carbocycles. The minimum absolute atomic E-state index is 0.0318. The zero-order valence-electron chi connectivity index (χ0n) is 14.1. The van der Waals surface area contributed by atoms with Gasteiger partial charge >= 0.3 is 0 Å². The number of benzene rings is 2. The Balaban J connectivity index is 2.19. The van der Waals surface area contributed by atoms with Crippen LogP contribution < -0.4 is 5.43 Å². The van der Waals surface area contributed by atoms with Crippen LogP contribution in [0.1, 0.15) is 22.8 Å². The summed E-state index contributed by atoms with van der Waals surface area (Å²) in [7, 11) is -0.769. The minimum atomic E-state index is -3.62. The lowest BCUT2D eigenvalue weighted by atomic mass is 10.1. The van der Waals surface area contributed by atoms with Gasteiger partial charge in [0.05, 0.1) is 10.6 Å². The smallest absolute Gasteiger partial charge is 0.271 e. The van der Waals surface area contributed by atoms with Crippen molar-refractivity contribution < 1.29 is 18.3 Å². The molecule has 1 amide bonds. The van der Waals surface area contributed by atoms with Crippen LogP contribution in [-0.2, 0) is 10.0 Å². The zero-order chi connectivity index (χ0) is 18.6. The molecule has 0 unspecified atom stereocenters. The van der Waals surface area contributed by atoms with Gasteiger partial charge in [0.25, 0.3) is 5.91 Å². The van der Waals surface area contributed by atoms with Crippen molar-refractivity contribution in [2.24, 2.45) is 5.10 Å². The molecule has 0 aromatic heterocycles. The van der Waals surface area contributed by atoms with Crippen molar-refractivity contribution >= 4 is 21.6 Å². The zero-order valence-corrected chi connectivity index (χ0v) is 14.9. The van der Waals surface area contributed by atoms with E-state index in [-0.39, 0.29) is 16.2 Å². The summed E-state index contributed by atoms with van der Waals surface area (Å²) in [5, 5.41) is 13.3. The number of sulfonamides is 1. The number of phenolic OH excluding ortho intramolecular Hbond substituents is 1. The van der Waals surface area contributed by atoms with Crippen LogP contribution in [0.15, 0.2) is 58.5 Å². The number of hydrazone groups is 1. The molecule has 2 aromatic rings. The molecule has 25 heavy (non-hydrogen) atoms. The average Bonchev–Trinajstić information content (AvgIpc) is 2.60. The summed E-state index contributed by atoms with van der Waals surface area (Å²) in [6.45, 7) is 1.71. The first-order valence-electron chi connectivity index (χ1n) is 7.38. The van der Waals surface area contributed by atoms with Crippen molar-refractivity contribution in [1.82, 2.24) is 9.73 Å². The molecule has 0 spiro atoms. The van der Waals surface area contributed by atoms with Gasteiger partial charge in [-0.25, -0.2) is 18.1 Å². The number of nitrogens with zero attached hydrogens (tertiary/aromatic N) is 2. The van der Waals surface area contributed by atoms with Crippen molar-refractivity contribution in [3.8, 4) is 5.75 Å². The molecule has 0 atom stereocenters. The van der Waals surface area contributed by atoms with Crippen molar-refractivity contribution in [2.45, 2.75) is 11.8 Å². The molecule has 0 aliphatic carbocycles.